The molecule has 0 aliphatic rings. The topological polar surface area (TPSA) is 150 Å². The van der Waals surface area contributed by atoms with E-state index in [0.717, 1.165) is 30.7 Å². The summed E-state index contributed by atoms with van der Waals surface area (Å²) in [5, 5.41) is 21.7. The lowest BCUT2D eigenvalue weighted by atomic mass is 9.92. The van der Waals surface area contributed by atoms with Crippen molar-refractivity contribution >= 4 is 35.0 Å². The second kappa shape index (κ2) is 19.7. The van der Waals surface area contributed by atoms with Gasteiger partial charge in [0.15, 0.2) is 6.73 Å². The molecule has 0 saturated carbocycles. The Bertz CT molecular complexity index is 1020. The summed E-state index contributed by atoms with van der Waals surface area (Å²) < 4.78 is 5.60. The van der Waals surface area contributed by atoms with Crippen molar-refractivity contribution in [3.63, 3.8) is 0 Å². The van der Waals surface area contributed by atoms with E-state index in [1.165, 1.54) is 11.9 Å². The first-order chi connectivity index (χ1) is 20.3. The zero-order chi connectivity index (χ0) is 32.7. The number of carbonyl (C=O) groups is 4. The van der Waals surface area contributed by atoms with Crippen molar-refractivity contribution in [1.29, 1.82) is 0 Å². The highest BCUT2D eigenvalue weighted by Gasteiger charge is 2.37. The van der Waals surface area contributed by atoms with Crippen molar-refractivity contribution in [2.45, 2.75) is 105 Å². The molecular formula is C31H55N5O6S. The van der Waals surface area contributed by atoms with Crippen molar-refractivity contribution in [2.24, 2.45) is 23.7 Å². The highest BCUT2D eigenvalue weighted by molar-refractivity contribution is 7.09. The Morgan fingerprint density at radius 1 is 1.07 bits per heavy atom. The number of rotatable bonds is 20. The molecule has 246 valence electrons. The van der Waals surface area contributed by atoms with Crippen LogP contribution < -0.4 is 16.0 Å². The van der Waals surface area contributed by atoms with Crippen LogP contribution in [0.5, 0.6) is 0 Å². The highest BCUT2D eigenvalue weighted by Crippen LogP contribution is 2.29. The summed E-state index contributed by atoms with van der Waals surface area (Å²) in [5.41, 5.74) is 0.206. The van der Waals surface area contributed by atoms with Crippen LogP contribution in [0.3, 0.4) is 0 Å². The van der Waals surface area contributed by atoms with Crippen molar-refractivity contribution < 1.29 is 29.0 Å². The van der Waals surface area contributed by atoms with E-state index in [1.54, 1.807) is 5.38 Å². The van der Waals surface area contributed by atoms with Crippen LogP contribution in [0, 0.1) is 23.7 Å². The fourth-order valence-electron chi connectivity index (χ4n) is 4.66. The molecule has 5 atom stereocenters. The summed E-state index contributed by atoms with van der Waals surface area (Å²) in [5.74, 6) is -1.84. The van der Waals surface area contributed by atoms with Gasteiger partial charge in [0, 0.05) is 37.2 Å². The number of nitrogens with zero attached hydrogens (tertiary/aromatic N) is 2. The predicted octanol–water partition coefficient (Wildman–Crippen LogP) is 3.88. The van der Waals surface area contributed by atoms with Gasteiger partial charge in [0.1, 0.15) is 22.8 Å². The van der Waals surface area contributed by atoms with Gasteiger partial charge in [-0.05, 0) is 44.2 Å². The maximum Gasteiger partial charge on any atom is 0.307 e. The summed E-state index contributed by atoms with van der Waals surface area (Å²) in [4.78, 5) is 57.9. The molecule has 1 heterocycles. The molecule has 3 amide bonds. The number of unbranched alkanes of at least 4 members (excludes halogenated alkanes) is 1. The minimum Gasteiger partial charge on any atom is -0.444 e. The van der Waals surface area contributed by atoms with Crippen molar-refractivity contribution in [3.8, 4) is 0 Å². The minimum absolute atomic E-state index is 0.0838. The standard InChI is InChI=1S/C31H55N5O6S/c1-10-21(6)27(35-28(39)22(7)13-11-12-14-32-8)31(41)36(18-42-26(38)15-19(2)3)24(20(4)5)16-25(37)30-34-23(17-43-30)29(40)33-9/h17,19-22,24-25,27,32,37H,10-16,18H2,1-9H3,(H,33,40)(H,35,39)/t21-,22+,24+,25+,27-/m0/s1. The molecule has 4 N–H and O–H groups in total. The molecule has 12 heteroatoms. The van der Waals surface area contributed by atoms with Crippen LogP contribution in [-0.4, -0.2) is 78.1 Å². The maximum atomic E-state index is 14.3. The molecule has 0 radical (unpaired) electrons. The van der Waals surface area contributed by atoms with Gasteiger partial charge in [-0.25, -0.2) is 4.98 Å². The second-order valence-corrected chi connectivity index (χ2v) is 13.0. The quantitative estimate of drug-likeness (QED) is 0.0969. The van der Waals surface area contributed by atoms with E-state index in [9.17, 15) is 24.3 Å². The molecule has 11 nitrogen and oxygen atoms in total. The number of hydrogen-bond acceptors (Lipinski definition) is 9. The molecule has 0 bridgehead atoms. The number of aliphatic hydroxyl groups excluding tert-OH is 1. The van der Waals surface area contributed by atoms with Gasteiger partial charge in [-0.1, -0.05) is 61.3 Å². The molecule has 0 saturated heterocycles. The molecule has 0 unspecified atom stereocenters. The third-order valence-corrected chi connectivity index (χ3v) is 8.61. The summed E-state index contributed by atoms with van der Waals surface area (Å²) in [6.07, 6.45) is 2.44. The number of hydrogen-bond donors (Lipinski definition) is 4. The molecule has 0 aliphatic heterocycles. The van der Waals surface area contributed by atoms with Gasteiger partial charge < -0.3 is 30.7 Å². The van der Waals surface area contributed by atoms with Crippen LogP contribution in [0.2, 0.25) is 0 Å². The Balaban J connectivity index is 3.32. The zero-order valence-electron chi connectivity index (χ0n) is 27.6. The Hall–Kier alpha value is -2.57. The lowest BCUT2D eigenvalue weighted by molar-refractivity contribution is -0.160. The fourth-order valence-corrected chi connectivity index (χ4v) is 5.46. The van der Waals surface area contributed by atoms with Gasteiger partial charge in [-0.3, -0.25) is 19.2 Å². The van der Waals surface area contributed by atoms with E-state index in [1.807, 2.05) is 55.5 Å². The minimum atomic E-state index is -1.06. The Labute approximate surface area is 261 Å². The van der Waals surface area contributed by atoms with Crippen LogP contribution >= 0.6 is 11.3 Å². The maximum absolute atomic E-state index is 14.3. The monoisotopic (exact) mass is 625 g/mol. The first-order valence-electron chi connectivity index (χ1n) is 15.5. The summed E-state index contributed by atoms with van der Waals surface area (Å²) >= 11 is 1.16. The molecule has 0 aromatic carbocycles. The molecule has 0 aliphatic carbocycles. The second-order valence-electron chi connectivity index (χ2n) is 12.1. The average molecular weight is 626 g/mol. The van der Waals surface area contributed by atoms with E-state index < -0.39 is 24.2 Å². The average Bonchev–Trinajstić information content (AvgIpc) is 3.46. The van der Waals surface area contributed by atoms with E-state index in [0.29, 0.717) is 17.8 Å². The first-order valence-corrected chi connectivity index (χ1v) is 16.4. The number of esters is 1. The number of nitrogens with one attached hydrogen (secondary N) is 3. The smallest absolute Gasteiger partial charge is 0.307 e. The third-order valence-electron chi connectivity index (χ3n) is 7.66. The molecule has 0 spiro atoms. The van der Waals surface area contributed by atoms with Gasteiger partial charge in [0.2, 0.25) is 11.8 Å². The number of aliphatic hydroxyl groups is 1. The van der Waals surface area contributed by atoms with Gasteiger partial charge in [-0.2, -0.15) is 0 Å². The summed E-state index contributed by atoms with van der Waals surface area (Å²) in [7, 11) is 3.40. The number of ether oxygens (including phenoxy) is 1. The molecule has 1 aromatic rings. The SMILES string of the molecule is CC[C@H](C)[C@H](NC(=O)[C@H](C)CCCCNC)C(=O)N(COC(=O)CC(C)C)[C@H](C[C@@H](O)c1nc(C(=O)NC)cs1)C(C)C. The number of carbonyl (C=O) groups excluding carboxylic acids is 4. The van der Waals surface area contributed by atoms with E-state index in [4.69, 9.17) is 4.74 Å². The van der Waals surface area contributed by atoms with Crippen LogP contribution in [0.25, 0.3) is 0 Å². The lowest BCUT2D eigenvalue weighted by Crippen LogP contribution is -2.57. The van der Waals surface area contributed by atoms with Crippen LogP contribution in [0.1, 0.15) is 109 Å². The largest absolute Gasteiger partial charge is 0.444 e. The van der Waals surface area contributed by atoms with E-state index in [-0.39, 0.29) is 66.7 Å². The molecule has 1 aromatic heterocycles. The predicted molar refractivity (Wildman–Crippen MR) is 169 cm³/mol. The highest BCUT2D eigenvalue weighted by atomic mass is 32.1. The van der Waals surface area contributed by atoms with Gasteiger partial charge in [0.25, 0.3) is 5.91 Å². The zero-order valence-corrected chi connectivity index (χ0v) is 28.4. The number of amides is 3. The van der Waals surface area contributed by atoms with Gasteiger partial charge in [-0.15, -0.1) is 11.3 Å². The van der Waals surface area contributed by atoms with Crippen LogP contribution in [0.15, 0.2) is 5.38 Å². The summed E-state index contributed by atoms with van der Waals surface area (Å²) in [6, 6.07) is -1.39. The van der Waals surface area contributed by atoms with Crippen molar-refractivity contribution in [3.05, 3.63) is 16.1 Å². The van der Waals surface area contributed by atoms with Crippen molar-refractivity contribution in [2.75, 3.05) is 27.4 Å². The molecule has 43 heavy (non-hydrogen) atoms. The van der Waals surface area contributed by atoms with E-state index in [2.05, 4.69) is 20.9 Å². The third kappa shape index (κ3) is 12.9. The van der Waals surface area contributed by atoms with Gasteiger partial charge >= 0.3 is 5.97 Å². The Morgan fingerprint density at radius 2 is 1.74 bits per heavy atom. The Morgan fingerprint density at radius 3 is 2.30 bits per heavy atom. The molecule has 1 rings (SSSR count). The first kappa shape index (κ1) is 38.5. The van der Waals surface area contributed by atoms with E-state index >= 15 is 0 Å². The fraction of sp³-hybridized carbons (Fsp3) is 0.774. The normalized spacial score (nSPS) is 15.0. The van der Waals surface area contributed by atoms with Crippen molar-refractivity contribution in [1.82, 2.24) is 25.8 Å². The Kier molecular flexibility index (Phi) is 17.6. The summed E-state index contributed by atoms with van der Waals surface area (Å²) in [6.45, 7) is 14.0. The van der Waals surface area contributed by atoms with Crippen LogP contribution in [0.4, 0.5) is 0 Å². The van der Waals surface area contributed by atoms with Gasteiger partial charge in [0.05, 0.1) is 0 Å². The number of thiazole rings is 1. The molecule has 0 fully saturated rings. The van der Waals surface area contributed by atoms with Crippen LogP contribution in [-0.2, 0) is 19.1 Å². The lowest BCUT2D eigenvalue weighted by Gasteiger charge is -2.38. The number of aromatic nitrogens is 1. The molecular weight excluding hydrogens is 570 g/mol.